The number of aromatic amines is 1. The van der Waals surface area contributed by atoms with Crippen LogP contribution in [0.2, 0.25) is 0 Å². The summed E-state index contributed by atoms with van der Waals surface area (Å²) in [4.78, 5) is 14.9. The van der Waals surface area contributed by atoms with E-state index >= 15 is 0 Å². The van der Waals surface area contributed by atoms with Crippen molar-refractivity contribution in [2.75, 3.05) is 0 Å². The maximum atomic E-state index is 13.5. The molecule has 0 spiro atoms. The van der Waals surface area contributed by atoms with Gasteiger partial charge in [0.05, 0.1) is 15.5 Å². The molecule has 108 valence electrons. The Kier molecular flexibility index (Phi) is 4.02. The molecule has 20 heavy (non-hydrogen) atoms. The molecular weight excluding hydrogens is 345 g/mol. The normalized spacial score (nSPS) is 11.8. The van der Waals surface area contributed by atoms with Gasteiger partial charge in [-0.2, -0.15) is 0 Å². The average molecular weight is 360 g/mol. The number of carbonyl (C=O) groups is 1. The zero-order valence-corrected chi connectivity index (χ0v) is 13.8. The lowest BCUT2D eigenvalue weighted by molar-refractivity contribution is -0.123. The second-order valence-electron chi connectivity index (χ2n) is 5.60. The second-order valence-corrected chi connectivity index (χ2v) is 6.84. The summed E-state index contributed by atoms with van der Waals surface area (Å²) >= 11 is 8.33. The molecule has 2 N–H and O–H groups in total. The first-order chi connectivity index (χ1) is 9.17. The van der Waals surface area contributed by atoms with Crippen molar-refractivity contribution in [3.63, 3.8) is 0 Å². The Labute approximate surface area is 129 Å². The van der Waals surface area contributed by atoms with Gasteiger partial charge in [0.15, 0.2) is 4.77 Å². The minimum absolute atomic E-state index is 0.0914. The molecule has 0 bridgehead atoms. The summed E-state index contributed by atoms with van der Waals surface area (Å²) in [6, 6.07) is 2.97. The van der Waals surface area contributed by atoms with E-state index in [9.17, 15) is 9.18 Å². The van der Waals surface area contributed by atoms with Gasteiger partial charge in [-0.25, -0.2) is 4.39 Å². The van der Waals surface area contributed by atoms with Gasteiger partial charge in [0.1, 0.15) is 12.4 Å². The Morgan fingerprint density at radius 1 is 1.50 bits per heavy atom. The van der Waals surface area contributed by atoms with Crippen molar-refractivity contribution in [3.8, 4) is 0 Å². The van der Waals surface area contributed by atoms with E-state index in [4.69, 9.17) is 12.2 Å². The van der Waals surface area contributed by atoms with Gasteiger partial charge in [0.2, 0.25) is 5.91 Å². The highest BCUT2D eigenvalue weighted by Crippen LogP contribution is 2.23. The van der Waals surface area contributed by atoms with E-state index in [0.717, 1.165) is 0 Å². The van der Waals surface area contributed by atoms with Crippen LogP contribution in [0, 0.1) is 10.6 Å². The van der Waals surface area contributed by atoms with Crippen LogP contribution >= 0.6 is 28.1 Å². The molecule has 2 rings (SSSR count). The Morgan fingerprint density at radius 3 is 2.75 bits per heavy atom. The van der Waals surface area contributed by atoms with Crippen LogP contribution in [0.5, 0.6) is 0 Å². The molecule has 4 nitrogen and oxygen atoms in total. The molecule has 0 radical (unpaired) electrons. The smallest absolute Gasteiger partial charge is 0.240 e. The highest BCUT2D eigenvalue weighted by Gasteiger charge is 2.16. The van der Waals surface area contributed by atoms with Gasteiger partial charge in [0, 0.05) is 11.6 Å². The van der Waals surface area contributed by atoms with Crippen molar-refractivity contribution >= 4 is 45.1 Å². The molecule has 1 aromatic heterocycles. The van der Waals surface area contributed by atoms with E-state index in [1.165, 1.54) is 6.07 Å². The van der Waals surface area contributed by atoms with Gasteiger partial charge >= 0.3 is 0 Å². The van der Waals surface area contributed by atoms with Crippen molar-refractivity contribution in [2.24, 2.45) is 0 Å². The number of nitrogens with zero attached hydrogens (tertiary/aromatic N) is 1. The van der Waals surface area contributed by atoms with Gasteiger partial charge < -0.3 is 14.9 Å². The first-order valence-electron chi connectivity index (χ1n) is 6.06. The standard InChI is InChI=1S/C13H15BrFN3OS/c1-13(2,3)17-11(19)6-18-10-4-7(14)8(15)5-9(10)16-12(18)20/h4-5H,6H2,1-3H3,(H,16,20)(H,17,19). The Bertz CT molecular complexity index is 730. The number of halogens is 2. The highest BCUT2D eigenvalue weighted by molar-refractivity contribution is 9.10. The summed E-state index contributed by atoms with van der Waals surface area (Å²) in [7, 11) is 0. The van der Waals surface area contributed by atoms with Crippen LogP contribution < -0.4 is 5.32 Å². The Morgan fingerprint density at radius 2 is 2.15 bits per heavy atom. The van der Waals surface area contributed by atoms with Crippen LogP contribution in [-0.2, 0) is 11.3 Å². The summed E-state index contributed by atoms with van der Waals surface area (Å²) in [5.41, 5.74) is 0.949. The first kappa shape index (κ1) is 15.2. The Hall–Kier alpha value is -1.21. The number of nitrogens with one attached hydrogen (secondary N) is 2. The number of rotatable bonds is 2. The molecule has 0 atom stereocenters. The number of hydrogen-bond donors (Lipinski definition) is 2. The fourth-order valence-electron chi connectivity index (χ4n) is 1.91. The lowest BCUT2D eigenvalue weighted by Crippen LogP contribution is -2.42. The molecular formula is C13H15BrFN3OS. The maximum Gasteiger partial charge on any atom is 0.240 e. The highest BCUT2D eigenvalue weighted by atomic mass is 79.9. The lowest BCUT2D eigenvalue weighted by Gasteiger charge is -2.20. The van der Waals surface area contributed by atoms with E-state index in [0.29, 0.717) is 20.3 Å². The molecule has 0 aliphatic carbocycles. The predicted octanol–water partition coefficient (Wildman–Crippen LogP) is 3.52. The van der Waals surface area contributed by atoms with Crippen molar-refractivity contribution in [1.82, 2.24) is 14.9 Å². The second kappa shape index (κ2) is 5.29. The lowest BCUT2D eigenvalue weighted by atomic mass is 10.1. The molecule has 7 heteroatoms. The third kappa shape index (κ3) is 3.27. The van der Waals surface area contributed by atoms with Gasteiger partial charge in [-0.3, -0.25) is 4.79 Å². The quantitative estimate of drug-likeness (QED) is 0.806. The molecule has 1 heterocycles. The molecule has 0 saturated heterocycles. The van der Waals surface area contributed by atoms with Crippen LogP contribution in [0.4, 0.5) is 4.39 Å². The fraction of sp³-hybridized carbons (Fsp3) is 0.385. The number of amides is 1. The third-order valence-corrected chi connectivity index (χ3v) is 3.56. The SMILES string of the molecule is CC(C)(C)NC(=O)Cn1c(=S)[nH]c2cc(F)c(Br)cc21. The van der Waals surface area contributed by atoms with Crippen LogP contribution in [0.1, 0.15) is 20.8 Å². The van der Waals surface area contributed by atoms with Gasteiger partial charge in [0.25, 0.3) is 0 Å². The molecule has 1 amide bonds. The first-order valence-corrected chi connectivity index (χ1v) is 7.26. The number of H-pyrrole nitrogens is 1. The molecule has 2 aromatic rings. The summed E-state index contributed by atoms with van der Waals surface area (Å²) in [5, 5.41) is 2.87. The topological polar surface area (TPSA) is 49.8 Å². The van der Waals surface area contributed by atoms with Crippen molar-refractivity contribution < 1.29 is 9.18 Å². The monoisotopic (exact) mass is 359 g/mol. The number of fused-ring (bicyclic) bond motifs is 1. The largest absolute Gasteiger partial charge is 0.350 e. The van der Waals surface area contributed by atoms with E-state index in [-0.39, 0.29) is 23.8 Å². The number of aromatic nitrogens is 2. The summed E-state index contributed by atoms with van der Waals surface area (Å²) < 4.78 is 15.9. The summed E-state index contributed by atoms with van der Waals surface area (Å²) in [6.45, 7) is 5.82. The van der Waals surface area contributed by atoms with E-state index in [1.807, 2.05) is 20.8 Å². The fourth-order valence-corrected chi connectivity index (χ4v) is 2.51. The minimum Gasteiger partial charge on any atom is -0.350 e. The van der Waals surface area contributed by atoms with Gasteiger partial charge in [-0.1, -0.05) is 0 Å². The number of imidazole rings is 1. The molecule has 1 aromatic carbocycles. The average Bonchev–Trinajstić information content (AvgIpc) is 2.54. The van der Waals surface area contributed by atoms with Crippen molar-refractivity contribution in [2.45, 2.75) is 32.9 Å². The van der Waals surface area contributed by atoms with E-state index < -0.39 is 0 Å². The molecule has 0 aliphatic heterocycles. The molecule has 0 aliphatic rings. The van der Waals surface area contributed by atoms with E-state index in [2.05, 4.69) is 26.2 Å². The van der Waals surface area contributed by atoms with Gasteiger partial charge in [-0.15, -0.1) is 0 Å². The van der Waals surface area contributed by atoms with Crippen LogP contribution in [0.25, 0.3) is 11.0 Å². The van der Waals surface area contributed by atoms with Crippen LogP contribution in [-0.4, -0.2) is 21.0 Å². The molecule has 0 fully saturated rings. The predicted molar refractivity (Wildman–Crippen MR) is 82.7 cm³/mol. The van der Waals surface area contributed by atoms with E-state index in [1.54, 1.807) is 10.6 Å². The summed E-state index contributed by atoms with van der Waals surface area (Å²) in [6.07, 6.45) is 0. The maximum absolute atomic E-state index is 13.5. The van der Waals surface area contributed by atoms with Crippen LogP contribution in [0.3, 0.4) is 0 Å². The van der Waals surface area contributed by atoms with Crippen molar-refractivity contribution in [1.29, 1.82) is 0 Å². The number of hydrogen-bond acceptors (Lipinski definition) is 2. The zero-order valence-electron chi connectivity index (χ0n) is 11.4. The minimum atomic E-state index is -0.375. The Balaban J connectivity index is 2.40. The molecule has 0 saturated carbocycles. The van der Waals surface area contributed by atoms with Crippen molar-refractivity contribution in [3.05, 3.63) is 27.2 Å². The third-order valence-electron chi connectivity index (χ3n) is 2.63. The summed E-state index contributed by atoms with van der Waals surface area (Å²) in [5.74, 6) is -0.519. The number of carbonyl (C=O) groups excluding carboxylic acids is 1. The number of benzene rings is 1. The zero-order chi connectivity index (χ0) is 15.1. The molecule has 0 unspecified atom stereocenters. The van der Waals surface area contributed by atoms with Crippen LogP contribution in [0.15, 0.2) is 16.6 Å². The van der Waals surface area contributed by atoms with Gasteiger partial charge in [-0.05, 0) is 55.0 Å².